The average molecular weight is 276 g/mol. The van der Waals surface area contributed by atoms with Gasteiger partial charge >= 0.3 is 6.36 Å². The fraction of sp³-hybridized carbons (Fsp3) is 0.500. The van der Waals surface area contributed by atoms with Crippen molar-refractivity contribution in [3.05, 3.63) is 18.2 Å². The summed E-state index contributed by atoms with van der Waals surface area (Å²) in [7, 11) is 1.43. The maximum Gasteiger partial charge on any atom is 0.573 e. The van der Waals surface area contributed by atoms with E-state index in [9.17, 15) is 13.2 Å². The third-order valence-corrected chi connectivity index (χ3v) is 2.84. The predicted molar refractivity (Wildman–Crippen MR) is 64.8 cm³/mol. The lowest BCUT2D eigenvalue weighted by molar-refractivity contribution is -0.274. The summed E-state index contributed by atoms with van der Waals surface area (Å²) >= 11 is 0. The lowest BCUT2D eigenvalue weighted by Gasteiger charge is -2.30. The number of halogens is 3. The molecule has 0 unspecified atom stereocenters. The molecule has 1 aromatic carbocycles. The molecule has 0 atom stereocenters. The van der Waals surface area contributed by atoms with Gasteiger partial charge in [0.25, 0.3) is 0 Å². The van der Waals surface area contributed by atoms with Gasteiger partial charge < -0.3 is 19.7 Å². The van der Waals surface area contributed by atoms with Gasteiger partial charge in [-0.15, -0.1) is 13.2 Å². The summed E-state index contributed by atoms with van der Waals surface area (Å²) in [6, 6.07) is 4.14. The smallest absolute Gasteiger partial charge is 0.494 e. The van der Waals surface area contributed by atoms with Crippen LogP contribution in [0.4, 0.5) is 18.9 Å². The molecule has 7 heteroatoms. The Kier molecular flexibility index (Phi) is 4.04. The van der Waals surface area contributed by atoms with Crippen molar-refractivity contribution in [3.63, 3.8) is 0 Å². The molecule has 4 nitrogen and oxygen atoms in total. The van der Waals surface area contributed by atoms with Gasteiger partial charge in [0, 0.05) is 32.2 Å². The number of benzene rings is 1. The molecule has 1 N–H and O–H groups in total. The van der Waals surface area contributed by atoms with Crippen molar-refractivity contribution >= 4 is 5.69 Å². The first-order valence-electron chi connectivity index (χ1n) is 5.89. The van der Waals surface area contributed by atoms with Gasteiger partial charge in [-0.25, -0.2) is 0 Å². The van der Waals surface area contributed by atoms with Gasteiger partial charge in [-0.3, -0.25) is 0 Å². The van der Waals surface area contributed by atoms with E-state index in [0.717, 1.165) is 31.9 Å². The van der Waals surface area contributed by atoms with Gasteiger partial charge in [-0.1, -0.05) is 0 Å². The van der Waals surface area contributed by atoms with E-state index in [1.165, 1.54) is 19.2 Å². The fourth-order valence-electron chi connectivity index (χ4n) is 2.02. The maximum atomic E-state index is 12.2. The first-order chi connectivity index (χ1) is 8.99. The molecule has 0 saturated carbocycles. The molecule has 1 aliphatic rings. The minimum atomic E-state index is -4.69. The number of hydrogen-bond donors (Lipinski definition) is 1. The molecule has 1 aliphatic heterocycles. The van der Waals surface area contributed by atoms with Gasteiger partial charge in [0.2, 0.25) is 0 Å². The van der Waals surface area contributed by atoms with E-state index in [4.69, 9.17) is 4.74 Å². The highest BCUT2D eigenvalue weighted by Gasteiger charge is 2.31. The van der Waals surface area contributed by atoms with Crippen LogP contribution in [0.25, 0.3) is 0 Å². The third-order valence-electron chi connectivity index (χ3n) is 2.84. The van der Waals surface area contributed by atoms with Crippen LogP contribution in [0.1, 0.15) is 0 Å². The number of nitrogens with zero attached hydrogens (tertiary/aromatic N) is 1. The van der Waals surface area contributed by atoms with Crippen LogP contribution in [0, 0.1) is 0 Å². The number of methoxy groups -OCH3 is 1. The second-order valence-electron chi connectivity index (χ2n) is 4.12. The topological polar surface area (TPSA) is 33.7 Å². The molecule has 1 fully saturated rings. The molecule has 0 spiro atoms. The first-order valence-corrected chi connectivity index (χ1v) is 5.89. The lowest BCUT2D eigenvalue weighted by atomic mass is 10.2. The van der Waals surface area contributed by atoms with Gasteiger partial charge in [0.15, 0.2) is 0 Å². The Bertz CT molecular complexity index is 431. The zero-order valence-electron chi connectivity index (χ0n) is 10.5. The van der Waals surface area contributed by atoms with Crippen molar-refractivity contribution in [2.24, 2.45) is 0 Å². The van der Waals surface area contributed by atoms with Crippen LogP contribution in [0.5, 0.6) is 11.5 Å². The highest BCUT2D eigenvalue weighted by atomic mass is 19.4. The molecule has 1 heterocycles. The van der Waals surface area contributed by atoms with E-state index in [1.807, 2.05) is 0 Å². The number of ether oxygens (including phenoxy) is 2. The predicted octanol–water partition coefficient (Wildman–Crippen LogP) is 2.00. The molecule has 0 amide bonds. The number of anilines is 1. The summed E-state index contributed by atoms with van der Waals surface area (Å²) < 4.78 is 45.5. The molecule has 2 rings (SSSR count). The van der Waals surface area contributed by atoms with Crippen molar-refractivity contribution in [2.75, 3.05) is 38.2 Å². The van der Waals surface area contributed by atoms with Crippen molar-refractivity contribution in [2.45, 2.75) is 6.36 Å². The second-order valence-corrected chi connectivity index (χ2v) is 4.12. The number of piperazine rings is 1. The summed E-state index contributed by atoms with van der Waals surface area (Å²) in [5.41, 5.74) is 0.776. The number of hydrogen-bond acceptors (Lipinski definition) is 4. The largest absolute Gasteiger partial charge is 0.573 e. The standard InChI is InChI=1S/C12H15F3N2O2/c1-18-11-8-9(19-12(13,14)15)2-3-10(11)17-6-4-16-5-7-17/h2-3,8,16H,4-7H2,1H3. The van der Waals surface area contributed by atoms with Crippen LogP contribution in [-0.4, -0.2) is 39.7 Å². The lowest BCUT2D eigenvalue weighted by Crippen LogP contribution is -2.43. The summed E-state index contributed by atoms with van der Waals surface area (Å²) in [6.45, 7) is 3.25. The number of alkyl halides is 3. The van der Waals surface area contributed by atoms with E-state index in [-0.39, 0.29) is 5.75 Å². The molecular weight excluding hydrogens is 261 g/mol. The normalized spacial score (nSPS) is 16.3. The highest BCUT2D eigenvalue weighted by Crippen LogP contribution is 2.34. The second kappa shape index (κ2) is 5.56. The summed E-state index contributed by atoms with van der Waals surface area (Å²) in [5.74, 6) is 0.104. The molecule has 1 saturated heterocycles. The van der Waals surface area contributed by atoms with Crippen LogP contribution >= 0.6 is 0 Å². The van der Waals surface area contributed by atoms with Crippen LogP contribution in [0.2, 0.25) is 0 Å². The summed E-state index contributed by atoms with van der Waals surface area (Å²) in [4.78, 5) is 2.06. The summed E-state index contributed by atoms with van der Waals surface area (Å²) in [6.07, 6.45) is -4.69. The zero-order chi connectivity index (χ0) is 13.9. The third kappa shape index (κ3) is 3.66. The van der Waals surface area contributed by atoms with E-state index >= 15 is 0 Å². The highest BCUT2D eigenvalue weighted by molar-refractivity contribution is 5.61. The Morgan fingerprint density at radius 2 is 1.89 bits per heavy atom. The van der Waals surface area contributed by atoms with Crippen molar-refractivity contribution < 1.29 is 22.6 Å². The SMILES string of the molecule is COc1cc(OC(F)(F)F)ccc1N1CCNCC1. The van der Waals surface area contributed by atoms with Gasteiger partial charge in [0.05, 0.1) is 12.8 Å². The number of rotatable bonds is 3. The van der Waals surface area contributed by atoms with E-state index in [1.54, 1.807) is 6.07 Å². The Labute approximate surface area is 109 Å². The van der Waals surface area contributed by atoms with Crippen LogP contribution in [0.15, 0.2) is 18.2 Å². The van der Waals surface area contributed by atoms with Gasteiger partial charge in [-0.2, -0.15) is 0 Å². The Balaban J connectivity index is 2.20. The monoisotopic (exact) mass is 276 g/mol. The van der Waals surface area contributed by atoms with Crippen LogP contribution < -0.4 is 19.7 Å². The van der Waals surface area contributed by atoms with Crippen LogP contribution in [0.3, 0.4) is 0 Å². The quantitative estimate of drug-likeness (QED) is 0.915. The van der Waals surface area contributed by atoms with Gasteiger partial charge in [-0.05, 0) is 12.1 Å². The maximum absolute atomic E-state index is 12.2. The van der Waals surface area contributed by atoms with Crippen molar-refractivity contribution in [1.82, 2.24) is 5.32 Å². The zero-order valence-corrected chi connectivity index (χ0v) is 10.5. The first kappa shape index (κ1) is 13.8. The molecule has 0 radical (unpaired) electrons. The molecular formula is C12H15F3N2O2. The van der Waals surface area contributed by atoms with Crippen molar-refractivity contribution in [3.8, 4) is 11.5 Å². The molecule has 0 aliphatic carbocycles. The Morgan fingerprint density at radius 3 is 2.47 bits per heavy atom. The molecule has 0 bridgehead atoms. The minimum absolute atomic E-state index is 0.275. The Hall–Kier alpha value is -1.63. The van der Waals surface area contributed by atoms with E-state index < -0.39 is 6.36 Å². The molecule has 0 aromatic heterocycles. The molecule has 106 valence electrons. The molecule has 1 aromatic rings. The van der Waals surface area contributed by atoms with E-state index in [2.05, 4.69) is 15.0 Å². The van der Waals surface area contributed by atoms with Gasteiger partial charge in [0.1, 0.15) is 11.5 Å². The summed E-state index contributed by atoms with van der Waals surface area (Å²) in [5, 5.41) is 3.21. The fourth-order valence-corrected chi connectivity index (χ4v) is 2.02. The Morgan fingerprint density at radius 1 is 1.21 bits per heavy atom. The van der Waals surface area contributed by atoms with Crippen LogP contribution in [-0.2, 0) is 0 Å². The van der Waals surface area contributed by atoms with E-state index in [0.29, 0.717) is 5.75 Å². The average Bonchev–Trinajstić information content (AvgIpc) is 2.37. The minimum Gasteiger partial charge on any atom is -0.494 e. The number of nitrogens with one attached hydrogen (secondary N) is 1. The molecule has 19 heavy (non-hydrogen) atoms. The van der Waals surface area contributed by atoms with Crippen molar-refractivity contribution in [1.29, 1.82) is 0 Å².